The van der Waals surface area contributed by atoms with Gasteiger partial charge < -0.3 is 9.52 Å². The van der Waals surface area contributed by atoms with Gasteiger partial charge in [-0.25, -0.2) is 4.98 Å². The summed E-state index contributed by atoms with van der Waals surface area (Å²) in [4.78, 5) is 16.1. The van der Waals surface area contributed by atoms with Crippen LogP contribution < -0.4 is 0 Å². The lowest BCUT2D eigenvalue weighted by Crippen LogP contribution is -2.05. The molecule has 0 atom stereocenters. The molecule has 5 nitrogen and oxygen atoms in total. The Morgan fingerprint density at radius 3 is 3.11 bits per heavy atom. The number of carboxylic acids is 1. The van der Waals surface area contributed by atoms with Crippen molar-refractivity contribution in [2.24, 2.45) is 0 Å². The van der Waals surface area contributed by atoms with E-state index in [4.69, 9.17) is 9.52 Å². The molecule has 3 heterocycles. The van der Waals surface area contributed by atoms with Gasteiger partial charge in [0.05, 0.1) is 24.1 Å². The number of aromatic nitrogens is 2. The Balaban J connectivity index is 2.25. The van der Waals surface area contributed by atoms with Crippen molar-refractivity contribution in [2.45, 2.75) is 13.3 Å². The standard InChI is InChI=1S/C12H10N2O3S/c1-7-8(5-11(15)16)14-9(6-18-12(14)13-7)10-3-2-4-17-10/h2-4,6H,5H2,1H3,(H,15,16). The first kappa shape index (κ1) is 11.0. The summed E-state index contributed by atoms with van der Waals surface area (Å²) >= 11 is 1.47. The largest absolute Gasteiger partial charge is 0.481 e. The van der Waals surface area contributed by atoms with E-state index in [1.54, 1.807) is 12.3 Å². The van der Waals surface area contributed by atoms with E-state index in [1.165, 1.54) is 11.3 Å². The van der Waals surface area contributed by atoms with E-state index >= 15 is 0 Å². The predicted octanol–water partition coefficient (Wildman–Crippen LogP) is 2.59. The Bertz CT molecular complexity index is 709. The number of fused-ring (bicyclic) bond motifs is 1. The average Bonchev–Trinajstić information content (AvgIpc) is 2.97. The van der Waals surface area contributed by atoms with Gasteiger partial charge in [0.25, 0.3) is 0 Å². The van der Waals surface area contributed by atoms with Gasteiger partial charge in [-0.15, -0.1) is 11.3 Å². The molecule has 0 unspecified atom stereocenters. The van der Waals surface area contributed by atoms with Crippen molar-refractivity contribution in [3.05, 3.63) is 35.2 Å². The minimum atomic E-state index is -0.864. The van der Waals surface area contributed by atoms with Crippen molar-refractivity contribution in [2.75, 3.05) is 0 Å². The maximum Gasteiger partial charge on any atom is 0.309 e. The van der Waals surface area contributed by atoms with Gasteiger partial charge in [0.15, 0.2) is 10.7 Å². The number of hydrogen-bond acceptors (Lipinski definition) is 4. The van der Waals surface area contributed by atoms with Gasteiger partial charge in [-0.05, 0) is 19.1 Å². The normalized spacial score (nSPS) is 11.2. The fourth-order valence-electron chi connectivity index (χ4n) is 1.97. The third-order valence-electron chi connectivity index (χ3n) is 2.75. The first-order chi connectivity index (χ1) is 8.66. The van der Waals surface area contributed by atoms with Gasteiger partial charge in [-0.3, -0.25) is 9.20 Å². The number of carbonyl (C=O) groups is 1. The van der Waals surface area contributed by atoms with Gasteiger partial charge in [0.2, 0.25) is 0 Å². The lowest BCUT2D eigenvalue weighted by molar-refractivity contribution is -0.136. The molecule has 0 bridgehead atoms. The average molecular weight is 262 g/mol. The highest BCUT2D eigenvalue weighted by molar-refractivity contribution is 7.15. The van der Waals surface area contributed by atoms with Crippen molar-refractivity contribution in [3.8, 4) is 11.5 Å². The van der Waals surface area contributed by atoms with Crippen LogP contribution in [0.5, 0.6) is 0 Å². The number of furan rings is 1. The predicted molar refractivity (Wildman–Crippen MR) is 66.8 cm³/mol. The van der Waals surface area contributed by atoms with Crippen LogP contribution in [-0.4, -0.2) is 20.5 Å². The van der Waals surface area contributed by atoms with Crippen molar-refractivity contribution in [3.63, 3.8) is 0 Å². The molecule has 0 fully saturated rings. The van der Waals surface area contributed by atoms with Crippen LogP contribution in [0.25, 0.3) is 16.4 Å². The molecule has 18 heavy (non-hydrogen) atoms. The molecule has 1 N–H and O–H groups in total. The maximum absolute atomic E-state index is 10.9. The van der Waals surface area contributed by atoms with Gasteiger partial charge in [0.1, 0.15) is 5.69 Å². The molecule has 0 aliphatic rings. The van der Waals surface area contributed by atoms with Crippen LogP contribution in [0.4, 0.5) is 0 Å². The molecule has 0 spiro atoms. The summed E-state index contributed by atoms with van der Waals surface area (Å²) in [5.74, 6) is -0.151. The maximum atomic E-state index is 10.9. The second-order valence-electron chi connectivity index (χ2n) is 3.93. The molecule has 92 valence electrons. The monoisotopic (exact) mass is 262 g/mol. The number of aliphatic carboxylic acids is 1. The molecule has 3 rings (SSSR count). The summed E-state index contributed by atoms with van der Waals surface area (Å²) in [6.45, 7) is 1.82. The van der Waals surface area contributed by atoms with Gasteiger partial charge >= 0.3 is 5.97 Å². The van der Waals surface area contributed by atoms with Crippen LogP contribution >= 0.6 is 11.3 Å². The van der Waals surface area contributed by atoms with E-state index in [0.717, 1.165) is 16.3 Å². The van der Waals surface area contributed by atoms with Crippen molar-refractivity contribution in [1.82, 2.24) is 9.38 Å². The van der Waals surface area contributed by atoms with Crippen molar-refractivity contribution in [1.29, 1.82) is 0 Å². The van der Waals surface area contributed by atoms with E-state index in [2.05, 4.69) is 4.98 Å². The number of nitrogens with zero attached hydrogens (tertiary/aromatic N) is 2. The van der Waals surface area contributed by atoms with Crippen LogP contribution in [0.15, 0.2) is 28.2 Å². The summed E-state index contributed by atoms with van der Waals surface area (Å²) in [5, 5.41) is 10.9. The first-order valence-corrected chi connectivity index (χ1v) is 6.26. The van der Waals surface area contributed by atoms with Gasteiger partial charge in [0, 0.05) is 5.38 Å². The second kappa shape index (κ2) is 3.99. The smallest absolute Gasteiger partial charge is 0.309 e. The number of rotatable bonds is 3. The highest BCUT2D eigenvalue weighted by Gasteiger charge is 2.18. The summed E-state index contributed by atoms with van der Waals surface area (Å²) in [7, 11) is 0. The molecule has 3 aromatic rings. The molecule has 3 aromatic heterocycles. The van der Waals surface area contributed by atoms with Crippen LogP contribution in [0.2, 0.25) is 0 Å². The molecular weight excluding hydrogens is 252 g/mol. The Kier molecular flexibility index (Phi) is 2.45. The van der Waals surface area contributed by atoms with E-state index in [0.29, 0.717) is 11.5 Å². The topological polar surface area (TPSA) is 67.7 Å². The molecule has 0 radical (unpaired) electrons. The molecule has 0 saturated heterocycles. The molecular formula is C12H10N2O3S. The molecule has 0 aliphatic carbocycles. The highest BCUT2D eigenvalue weighted by atomic mass is 32.1. The minimum absolute atomic E-state index is 0.0442. The zero-order valence-electron chi connectivity index (χ0n) is 9.58. The Labute approximate surface area is 106 Å². The lowest BCUT2D eigenvalue weighted by Gasteiger charge is -2.00. The van der Waals surface area contributed by atoms with E-state index in [9.17, 15) is 4.79 Å². The van der Waals surface area contributed by atoms with E-state index < -0.39 is 5.97 Å². The van der Waals surface area contributed by atoms with Crippen molar-refractivity contribution < 1.29 is 14.3 Å². The molecule has 0 aliphatic heterocycles. The van der Waals surface area contributed by atoms with Gasteiger partial charge in [-0.1, -0.05) is 0 Å². The lowest BCUT2D eigenvalue weighted by atomic mass is 10.2. The molecule has 0 aromatic carbocycles. The zero-order chi connectivity index (χ0) is 12.7. The van der Waals surface area contributed by atoms with E-state index in [1.807, 2.05) is 22.8 Å². The zero-order valence-corrected chi connectivity index (χ0v) is 10.4. The summed E-state index contributed by atoms with van der Waals surface area (Å²) < 4.78 is 7.22. The second-order valence-corrected chi connectivity index (χ2v) is 4.77. The number of carboxylic acid groups (broad SMARTS) is 1. The number of imidazole rings is 1. The first-order valence-electron chi connectivity index (χ1n) is 5.38. The Morgan fingerprint density at radius 1 is 1.61 bits per heavy atom. The fourth-order valence-corrected chi connectivity index (χ4v) is 2.91. The Morgan fingerprint density at radius 2 is 2.44 bits per heavy atom. The summed E-state index contributed by atoms with van der Waals surface area (Å²) in [6.07, 6.45) is 1.55. The third-order valence-corrected chi connectivity index (χ3v) is 3.58. The number of thiazole rings is 1. The SMILES string of the molecule is Cc1nc2scc(-c3ccco3)n2c1CC(=O)O. The van der Waals surface area contributed by atoms with Crippen LogP contribution in [-0.2, 0) is 11.2 Å². The molecule has 0 saturated carbocycles. The van der Waals surface area contributed by atoms with Gasteiger partial charge in [-0.2, -0.15) is 0 Å². The number of aryl methyl sites for hydroxylation is 1. The summed E-state index contributed by atoms with van der Waals surface area (Å²) in [6, 6.07) is 3.65. The molecule has 6 heteroatoms. The summed E-state index contributed by atoms with van der Waals surface area (Å²) in [5.41, 5.74) is 2.29. The minimum Gasteiger partial charge on any atom is -0.481 e. The van der Waals surface area contributed by atoms with E-state index in [-0.39, 0.29) is 6.42 Å². The quantitative estimate of drug-likeness (QED) is 0.787. The third kappa shape index (κ3) is 1.62. The fraction of sp³-hybridized carbons (Fsp3) is 0.167. The molecule has 0 amide bonds. The van der Waals surface area contributed by atoms with Crippen LogP contribution in [0.3, 0.4) is 0 Å². The van der Waals surface area contributed by atoms with Crippen molar-refractivity contribution >= 4 is 22.3 Å². The number of hydrogen-bond donors (Lipinski definition) is 1. The Hall–Kier alpha value is -2.08. The van der Waals surface area contributed by atoms with Crippen LogP contribution in [0, 0.1) is 6.92 Å². The van der Waals surface area contributed by atoms with Crippen LogP contribution in [0.1, 0.15) is 11.4 Å². The highest BCUT2D eigenvalue weighted by Crippen LogP contribution is 2.29.